The Labute approximate surface area is 386 Å². The number of ether oxygens (including phenoxy) is 12. The van der Waals surface area contributed by atoms with E-state index in [0.717, 1.165) is 25.9 Å². The van der Waals surface area contributed by atoms with Gasteiger partial charge in [-0.3, -0.25) is 4.79 Å². The van der Waals surface area contributed by atoms with Crippen molar-refractivity contribution in [3.8, 4) is 0 Å². The molecule has 0 aromatic carbocycles. The molecule has 0 radical (unpaired) electrons. The molecule has 378 valence electrons. The van der Waals surface area contributed by atoms with Crippen LogP contribution < -0.4 is 0 Å². The summed E-state index contributed by atoms with van der Waals surface area (Å²) < 4.78 is 66.2. The number of carbonyl (C=O) groups excluding carboxylic acids is 1. The van der Waals surface area contributed by atoms with Crippen LogP contribution in [-0.2, 0) is 61.6 Å². The molecule has 0 unspecified atom stereocenters. The fraction of sp³-hybridized carbons (Fsp3) is 0.980. The molecule has 0 aliphatic rings. The van der Waals surface area contributed by atoms with Crippen molar-refractivity contribution in [2.75, 3.05) is 152 Å². The maximum atomic E-state index is 11.8. The normalized spacial score (nSPS) is 11.6. The SMILES string of the molecule is CCCCCCCCCCCCCCCCOCCOCCOCCOCCOCCOCCOCCOCCOCCOCCOCCOC(=O)CCCCCCCCCCC. The number of carbonyl (C=O) groups is 1. The smallest absolute Gasteiger partial charge is 0.305 e. The van der Waals surface area contributed by atoms with Crippen molar-refractivity contribution < 1.29 is 61.6 Å². The molecule has 0 bridgehead atoms. The lowest BCUT2D eigenvalue weighted by atomic mass is 10.0. The zero-order valence-corrected chi connectivity index (χ0v) is 41.0. The molecule has 0 saturated heterocycles. The van der Waals surface area contributed by atoms with Crippen molar-refractivity contribution in [3.63, 3.8) is 0 Å². The maximum Gasteiger partial charge on any atom is 0.305 e. The van der Waals surface area contributed by atoms with Gasteiger partial charge in [-0.15, -0.1) is 0 Å². The monoisotopic (exact) mass is 909 g/mol. The Morgan fingerprint density at radius 3 is 0.667 bits per heavy atom. The lowest BCUT2D eigenvalue weighted by molar-refractivity contribution is -0.145. The summed E-state index contributed by atoms with van der Waals surface area (Å²) in [5.74, 6) is -0.135. The third kappa shape index (κ3) is 59.0. The first-order valence-corrected chi connectivity index (χ1v) is 25.8. The molecule has 0 aliphatic heterocycles. The molecule has 0 rings (SSSR count). The van der Waals surface area contributed by atoms with Crippen LogP contribution in [0.3, 0.4) is 0 Å². The Morgan fingerprint density at radius 1 is 0.222 bits per heavy atom. The van der Waals surface area contributed by atoms with Gasteiger partial charge in [0.15, 0.2) is 0 Å². The van der Waals surface area contributed by atoms with Crippen LogP contribution >= 0.6 is 0 Å². The van der Waals surface area contributed by atoms with E-state index in [1.165, 1.54) is 128 Å². The van der Waals surface area contributed by atoms with Gasteiger partial charge in [0, 0.05) is 13.0 Å². The lowest BCUT2D eigenvalue weighted by Crippen LogP contribution is -2.15. The molecule has 0 fully saturated rings. The minimum absolute atomic E-state index is 0.135. The predicted molar refractivity (Wildman–Crippen MR) is 252 cm³/mol. The zero-order chi connectivity index (χ0) is 45.3. The van der Waals surface area contributed by atoms with E-state index in [1.54, 1.807) is 0 Å². The lowest BCUT2D eigenvalue weighted by Gasteiger charge is -2.09. The van der Waals surface area contributed by atoms with E-state index in [1.807, 2.05) is 0 Å². The van der Waals surface area contributed by atoms with Crippen molar-refractivity contribution in [2.45, 2.75) is 168 Å². The molecule has 0 saturated carbocycles. The van der Waals surface area contributed by atoms with E-state index in [4.69, 9.17) is 56.8 Å². The highest BCUT2D eigenvalue weighted by Gasteiger charge is 2.03. The van der Waals surface area contributed by atoms with Gasteiger partial charge < -0.3 is 56.8 Å². The predicted octanol–water partition coefficient (Wildman–Crippen LogP) is 10.1. The standard InChI is InChI=1S/C50H100O13/c1-3-5-7-9-11-13-14-15-16-17-19-21-23-25-27-52-28-29-53-30-31-54-32-33-55-34-35-56-36-37-57-38-39-58-40-41-59-42-43-60-44-45-61-46-47-62-48-49-63-50(51)26-24-22-20-18-12-10-8-6-4-2/h3-49H2,1-2H3. The summed E-state index contributed by atoms with van der Waals surface area (Å²) in [7, 11) is 0. The fourth-order valence-electron chi connectivity index (χ4n) is 6.57. The highest BCUT2D eigenvalue weighted by atomic mass is 16.6. The highest BCUT2D eigenvalue weighted by Crippen LogP contribution is 2.13. The molecule has 0 amide bonds. The minimum Gasteiger partial charge on any atom is -0.463 e. The topological polar surface area (TPSA) is 128 Å². The van der Waals surface area contributed by atoms with Crippen LogP contribution in [0.2, 0.25) is 0 Å². The van der Waals surface area contributed by atoms with Gasteiger partial charge in [0.05, 0.1) is 139 Å². The molecular formula is C50H100O13. The van der Waals surface area contributed by atoms with E-state index in [0.29, 0.717) is 145 Å². The summed E-state index contributed by atoms with van der Waals surface area (Å²) in [4.78, 5) is 11.8. The van der Waals surface area contributed by atoms with Gasteiger partial charge in [-0.05, 0) is 12.8 Å². The van der Waals surface area contributed by atoms with Crippen LogP contribution in [0.5, 0.6) is 0 Å². The molecule has 0 aromatic rings. The number of unbranched alkanes of at least 4 members (excludes halogenated alkanes) is 21. The average Bonchev–Trinajstić information content (AvgIpc) is 3.29. The largest absolute Gasteiger partial charge is 0.463 e. The molecule has 0 heterocycles. The molecule has 0 atom stereocenters. The van der Waals surface area contributed by atoms with Crippen LogP contribution in [0.25, 0.3) is 0 Å². The summed E-state index contributed by atoms with van der Waals surface area (Å²) in [5.41, 5.74) is 0. The molecule has 13 nitrogen and oxygen atoms in total. The Kier molecular flexibility index (Phi) is 58.1. The Morgan fingerprint density at radius 2 is 0.413 bits per heavy atom. The Balaban J connectivity index is 3.10. The number of esters is 1. The summed E-state index contributed by atoms with van der Waals surface area (Å²) >= 11 is 0. The van der Waals surface area contributed by atoms with Gasteiger partial charge in [0.25, 0.3) is 0 Å². The van der Waals surface area contributed by atoms with E-state index in [-0.39, 0.29) is 12.6 Å². The number of hydrogen-bond donors (Lipinski definition) is 0. The quantitative estimate of drug-likeness (QED) is 0.0425. The molecular weight excluding hydrogens is 809 g/mol. The molecule has 13 heteroatoms. The number of hydrogen-bond acceptors (Lipinski definition) is 13. The van der Waals surface area contributed by atoms with Crippen molar-refractivity contribution in [1.29, 1.82) is 0 Å². The second-order valence-corrected chi connectivity index (χ2v) is 16.1. The second kappa shape index (κ2) is 59.0. The molecule has 63 heavy (non-hydrogen) atoms. The highest BCUT2D eigenvalue weighted by molar-refractivity contribution is 5.69. The van der Waals surface area contributed by atoms with E-state index in [9.17, 15) is 4.79 Å². The van der Waals surface area contributed by atoms with Crippen molar-refractivity contribution in [1.82, 2.24) is 0 Å². The van der Waals surface area contributed by atoms with Gasteiger partial charge in [-0.1, -0.05) is 149 Å². The van der Waals surface area contributed by atoms with Gasteiger partial charge in [-0.25, -0.2) is 0 Å². The van der Waals surface area contributed by atoms with Gasteiger partial charge in [-0.2, -0.15) is 0 Å². The van der Waals surface area contributed by atoms with Gasteiger partial charge in [0.1, 0.15) is 6.61 Å². The first-order valence-electron chi connectivity index (χ1n) is 25.8. The molecule has 0 N–H and O–H groups in total. The summed E-state index contributed by atoms with van der Waals surface area (Å²) in [5, 5.41) is 0. The number of rotatable bonds is 58. The van der Waals surface area contributed by atoms with E-state index >= 15 is 0 Å². The van der Waals surface area contributed by atoms with E-state index in [2.05, 4.69) is 13.8 Å². The van der Waals surface area contributed by atoms with Gasteiger partial charge >= 0.3 is 5.97 Å². The zero-order valence-electron chi connectivity index (χ0n) is 41.0. The van der Waals surface area contributed by atoms with Gasteiger partial charge in [0.2, 0.25) is 0 Å². The van der Waals surface area contributed by atoms with Crippen molar-refractivity contribution >= 4 is 5.97 Å². The van der Waals surface area contributed by atoms with Crippen molar-refractivity contribution in [3.05, 3.63) is 0 Å². The van der Waals surface area contributed by atoms with Crippen LogP contribution in [0.4, 0.5) is 0 Å². The van der Waals surface area contributed by atoms with E-state index < -0.39 is 0 Å². The minimum atomic E-state index is -0.135. The average molecular weight is 909 g/mol. The first-order chi connectivity index (χ1) is 31.3. The second-order valence-electron chi connectivity index (χ2n) is 16.1. The third-order valence-corrected chi connectivity index (χ3v) is 10.3. The summed E-state index contributed by atoms with van der Waals surface area (Å²) in [6, 6.07) is 0. The van der Waals surface area contributed by atoms with Crippen LogP contribution in [0, 0.1) is 0 Å². The maximum absolute atomic E-state index is 11.8. The molecule has 0 aromatic heterocycles. The Hall–Kier alpha value is -0.970. The summed E-state index contributed by atoms with van der Waals surface area (Å²) in [6.45, 7) is 16.5. The van der Waals surface area contributed by atoms with Crippen LogP contribution in [0.1, 0.15) is 168 Å². The fourth-order valence-corrected chi connectivity index (χ4v) is 6.57. The molecule has 0 aliphatic carbocycles. The Bertz CT molecular complexity index is 825. The van der Waals surface area contributed by atoms with Crippen LogP contribution in [0.15, 0.2) is 0 Å². The molecule has 0 spiro atoms. The first kappa shape index (κ1) is 62.0. The third-order valence-electron chi connectivity index (χ3n) is 10.3. The van der Waals surface area contributed by atoms with Crippen molar-refractivity contribution in [2.24, 2.45) is 0 Å². The summed E-state index contributed by atoms with van der Waals surface area (Å²) in [6.07, 6.45) is 30.8. The van der Waals surface area contributed by atoms with Crippen LogP contribution in [-0.4, -0.2) is 158 Å².